The summed E-state index contributed by atoms with van der Waals surface area (Å²) in [6.07, 6.45) is 5.69. The molecule has 0 aliphatic carbocycles. The largest absolute Gasteiger partial charge is 0.380 e. The lowest BCUT2D eigenvalue weighted by Crippen LogP contribution is -1.91. The molecule has 0 spiro atoms. The molecule has 2 heterocycles. The number of nitrogens with one attached hydrogen (secondary N) is 2. The van der Waals surface area contributed by atoms with Crippen LogP contribution in [0.25, 0.3) is 22.8 Å². The average molecular weight is 273 g/mol. The number of benzene rings is 2. The first-order chi connectivity index (χ1) is 10.4. The van der Waals surface area contributed by atoms with Gasteiger partial charge in [-0.15, -0.1) is 0 Å². The lowest BCUT2D eigenvalue weighted by molar-refractivity contribution is 1.31. The van der Waals surface area contributed by atoms with Crippen LogP contribution in [0.3, 0.4) is 0 Å². The Morgan fingerprint density at radius 3 is 2.71 bits per heavy atom. The molecule has 0 unspecified atom stereocenters. The third-order valence-electron chi connectivity index (χ3n) is 3.79. The van der Waals surface area contributed by atoms with E-state index in [1.807, 2.05) is 12.3 Å². The zero-order valence-corrected chi connectivity index (χ0v) is 11.5. The fourth-order valence-corrected chi connectivity index (χ4v) is 2.73. The molecule has 3 aromatic rings. The monoisotopic (exact) mass is 273 g/mol. The van der Waals surface area contributed by atoms with E-state index in [0.29, 0.717) is 0 Å². The van der Waals surface area contributed by atoms with Gasteiger partial charge in [0.05, 0.1) is 18.2 Å². The smallest absolute Gasteiger partial charge is 0.0924 e. The first-order valence-corrected chi connectivity index (χ1v) is 7.03. The SMILES string of the molecule is C(=C1CNc2cc(-c3ccccc3)ccc21)c1cnc[nH]1. The van der Waals surface area contributed by atoms with Crippen LogP contribution in [0.2, 0.25) is 0 Å². The fourth-order valence-electron chi connectivity index (χ4n) is 2.73. The van der Waals surface area contributed by atoms with Crippen molar-refractivity contribution in [3.8, 4) is 11.1 Å². The van der Waals surface area contributed by atoms with Gasteiger partial charge < -0.3 is 10.3 Å². The number of hydrogen-bond donors (Lipinski definition) is 2. The molecule has 2 N–H and O–H groups in total. The number of imidazole rings is 1. The second-order valence-corrected chi connectivity index (χ2v) is 5.16. The van der Waals surface area contributed by atoms with Crippen molar-refractivity contribution in [1.82, 2.24) is 9.97 Å². The Balaban J connectivity index is 1.72. The van der Waals surface area contributed by atoms with E-state index in [2.05, 4.69) is 63.8 Å². The second-order valence-electron chi connectivity index (χ2n) is 5.16. The molecule has 21 heavy (non-hydrogen) atoms. The minimum Gasteiger partial charge on any atom is -0.380 e. The summed E-state index contributed by atoms with van der Waals surface area (Å²) in [6, 6.07) is 17.1. The summed E-state index contributed by atoms with van der Waals surface area (Å²) >= 11 is 0. The van der Waals surface area contributed by atoms with E-state index >= 15 is 0 Å². The quantitative estimate of drug-likeness (QED) is 0.739. The van der Waals surface area contributed by atoms with Crippen LogP contribution in [0.4, 0.5) is 5.69 Å². The highest BCUT2D eigenvalue weighted by Gasteiger charge is 2.16. The van der Waals surface area contributed by atoms with Gasteiger partial charge in [0, 0.05) is 17.8 Å². The van der Waals surface area contributed by atoms with Gasteiger partial charge in [-0.3, -0.25) is 0 Å². The molecule has 0 bridgehead atoms. The highest BCUT2D eigenvalue weighted by Crippen LogP contribution is 2.35. The Hall–Kier alpha value is -2.81. The van der Waals surface area contributed by atoms with E-state index in [1.165, 1.54) is 28.0 Å². The molecule has 3 nitrogen and oxygen atoms in total. The van der Waals surface area contributed by atoms with Crippen molar-refractivity contribution < 1.29 is 0 Å². The Morgan fingerprint density at radius 2 is 1.90 bits per heavy atom. The maximum absolute atomic E-state index is 4.05. The minimum atomic E-state index is 0.854. The van der Waals surface area contributed by atoms with Crippen LogP contribution >= 0.6 is 0 Å². The van der Waals surface area contributed by atoms with Gasteiger partial charge in [0.15, 0.2) is 0 Å². The standard InChI is InChI=1S/C18H15N3/c1-2-4-13(5-3-1)14-6-7-17-15(10-20-18(17)9-14)8-16-11-19-12-21-16/h1-9,11-12,20H,10H2,(H,19,21). The number of nitrogens with zero attached hydrogens (tertiary/aromatic N) is 1. The van der Waals surface area contributed by atoms with E-state index < -0.39 is 0 Å². The van der Waals surface area contributed by atoms with Gasteiger partial charge in [0.2, 0.25) is 0 Å². The number of fused-ring (bicyclic) bond motifs is 1. The van der Waals surface area contributed by atoms with Gasteiger partial charge in [0.25, 0.3) is 0 Å². The van der Waals surface area contributed by atoms with Crippen molar-refractivity contribution >= 4 is 17.3 Å². The van der Waals surface area contributed by atoms with E-state index in [-0.39, 0.29) is 0 Å². The topological polar surface area (TPSA) is 40.7 Å². The van der Waals surface area contributed by atoms with Crippen LogP contribution in [0.15, 0.2) is 61.1 Å². The number of hydrogen-bond acceptors (Lipinski definition) is 2. The molecule has 0 saturated heterocycles. The number of rotatable bonds is 2. The van der Waals surface area contributed by atoms with Gasteiger partial charge in [0.1, 0.15) is 0 Å². The summed E-state index contributed by atoms with van der Waals surface area (Å²) in [5.74, 6) is 0. The van der Waals surface area contributed by atoms with Gasteiger partial charge >= 0.3 is 0 Å². The van der Waals surface area contributed by atoms with Crippen molar-refractivity contribution in [2.75, 3.05) is 11.9 Å². The van der Waals surface area contributed by atoms with Crippen molar-refractivity contribution in [3.05, 3.63) is 72.3 Å². The maximum atomic E-state index is 4.05. The molecule has 4 rings (SSSR count). The van der Waals surface area contributed by atoms with E-state index in [9.17, 15) is 0 Å². The van der Waals surface area contributed by atoms with Gasteiger partial charge in [-0.1, -0.05) is 42.5 Å². The Kier molecular flexibility index (Phi) is 2.82. The van der Waals surface area contributed by atoms with Crippen molar-refractivity contribution in [3.63, 3.8) is 0 Å². The van der Waals surface area contributed by atoms with Crippen LogP contribution in [-0.4, -0.2) is 16.5 Å². The molecule has 3 heteroatoms. The Labute approximate surface area is 123 Å². The molecule has 1 aromatic heterocycles. The van der Waals surface area contributed by atoms with Crippen LogP contribution < -0.4 is 5.32 Å². The predicted octanol–water partition coefficient (Wildman–Crippen LogP) is 4.04. The van der Waals surface area contributed by atoms with E-state index in [0.717, 1.165) is 12.2 Å². The molecule has 0 saturated carbocycles. The second kappa shape index (κ2) is 4.94. The summed E-state index contributed by atoms with van der Waals surface area (Å²) in [4.78, 5) is 7.17. The molecule has 102 valence electrons. The maximum Gasteiger partial charge on any atom is 0.0924 e. The molecule has 1 aliphatic heterocycles. The molecule has 2 aromatic carbocycles. The third-order valence-corrected chi connectivity index (χ3v) is 3.79. The fraction of sp³-hybridized carbons (Fsp3) is 0.0556. The molecule has 0 radical (unpaired) electrons. The van der Waals surface area contributed by atoms with Crippen molar-refractivity contribution in [2.24, 2.45) is 0 Å². The van der Waals surface area contributed by atoms with Crippen LogP contribution in [0.5, 0.6) is 0 Å². The number of anilines is 1. The molecule has 1 aliphatic rings. The lowest BCUT2D eigenvalue weighted by atomic mass is 10.0. The molecule has 0 amide bonds. The average Bonchev–Trinajstić information content (AvgIpc) is 3.18. The van der Waals surface area contributed by atoms with Crippen LogP contribution in [-0.2, 0) is 0 Å². The highest BCUT2D eigenvalue weighted by atomic mass is 14.9. The van der Waals surface area contributed by atoms with Crippen LogP contribution in [0, 0.1) is 0 Å². The summed E-state index contributed by atoms with van der Waals surface area (Å²) in [7, 11) is 0. The predicted molar refractivity (Wildman–Crippen MR) is 86.8 cm³/mol. The zero-order chi connectivity index (χ0) is 14.1. The Morgan fingerprint density at radius 1 is 1.00 bits per heavy atom. The summed E-state index contributed by atoms with van der Waals surface area (Å²) in [5.41, 5.74) is 7.27. The summed E-state index contributed by atoms with van der Waals surface area (Å²) < 4.78 is 0. The van der Waals surface area contributed by atoms with Crippen LogP contribution in [0.1, 0.15) is 11.3 Å². The van der Waals surface area contributed by atoms with Gasteiger partial charge in [-0.2, -0.15) is 0 Å². The van der Waals surface area contributed by atoms with Crippen molar-refractivity contribution in [1.29, 1.82) is 0 Å². The molecular weight excluding hydrogens is 258 g/mol. The lowest BCUT2D eigenvalue weighted by Gasteiger charge is -2.05. The van der Waals surface area contributed by atoms with E-state index in [1.54, 1.807) is 6.33 Å². The molecule has 0 fully saturated rings. The summed E-state index contributed by atoms with van der Waals surface area (Å²) in [6.45, 7) is 0.854. The minimum absolute atomic E-state index is 0.854. The summed E-state index contributed by atoms with van der Waals surface area (Å²) in [5, 5.41) is 3.47. The normalized spacial score (nSPS) is 15.0. The molecule has 0 atom stereocenters. The number of aromatic amines is 1. The van der Waals surface area contributed by atoms with Gasteiger partial charge in [-0.25, -0.2) is 4.98 Å². The van der Waals surface area contributed by atoms with E-state index in [4.69, 9.17) is 0 Å². The molecular formula is C18H15N3. The first kappa shape index (κ1) is 12.0. The van der Waals surface area contributed by atoms with Crippen molar-refractivity contribution in [2.45, 2.75) is 0 Å². The zero-order valence-electron chi connectivity index (χ0n) is 11.5. The third kappa shape index (κ3) is 2.23. The number of H-pyrrole nitrogens is 1. The number of aromatic nitrogens is 2. The highest BCUT2D eigenvalue weighted by molar-refractivity contribution is 5.93. The first-order valence-electron chi connectivity index (χ1n) is 7.03. The van der Waals surface area contributed by atoms with Gasteiger partial charge in [-0.05, 0) is 28.8 Å². The Bertz CT molecular complexity index is 787.